The van der Waals surface area contributed by atoms with Gasteiger partial charge in [-0.2, -0.15) is 5.10 Å². The van der Waals surface area contributed by atoms with Crippen molar-refractivity contribution in [1.29, 1.82) is 0 Å². The Balaban J connectivity index is 1.55. The molecular weight excluding hydrogens is 308 g/mol. The van der Waals surface area contributed by atoms with Crippen LogP contribution in [0.5, 0.6) is 11.5 Å². The van der Waals surface area contributed by atoms with Gasteiger partial charge in [-0.05, 0) is 44.2 Å². The minimum atomic E-state index is -0.325. The average Bonchev–Trinajstić information content (AvgIpc) is 3.26. The molecule has 3 aromatic rings. The second-order valence-electron chi connectivity index (χ2n) is 5.22. The molecule has 0 aliphatic rings. The van der Waals surface area contributed by atoms with Crippen LogP contribution in [0.1, 0.15) is 31.7 Å². The van der Waals surface area contributed by atoms with Gasteiger partial charge in [0, 0.05) is 25.4 Å². The van der Waals surface area contributed by atoms with E-state index in [-0.39, 0.29) is 6.10 Å². The van der Waals surface area contributed by atoms with Crippen LogP contribution in [0.15, 0.2) is 47.1 Å². The molecule has 2 heterocycles. The topological polar surface area (TPSA) is 75.2 Å². The summed E-state index contributed by atoms with van der Waals surface area (Å²) < 4.78 is 18.7. The van der Waals surface area contributed by atoms with Crippen molar-refractivity contribution < 1.29 is 13.9 Å². The maximum Gasteiger partial charge on any atom is 0.256 e. The van der Waals surface area contributed by atoms with E-state index in [0.29, 0.717) is 31.4 Å². The summed E-state index contributed by atoms with van der Waals surface area (Å²) in [6.45, 7) is 5.16. The van der Waals surface area contributed by atoms with Gasteiger partial charge in [0.1, 0.15) is 11.5 Å². The fraction of sp³-hybridized carbons (Fsp3) is 0.353. The van der Waals surface area contributed by atoms with Gasteiger partial charge in [-0.3, -0.25) is 4.68 Å². The molecule has 24 heavy (non-hydrogen) atoms. The van der Waals surface area contributed by atoms with Gasteiger partial charge < -0.3 is 13.9 Å². The summed E-state index contributed by atoms with van der Waals surface area (Å²) in [7, 11) is 0. The van der Waals surface area contributed by atoms with Gasteiger partial charge in [0.25, 0.3) is 5.89 Å². The molecule has 1 unspecified atom stereocenters. The number of nitrogens with zero attached hydrogens (tertiary/aromatic N) is 4. The van der Waals surface area contributed by atoms with Gasteiger partial charge >= 0.3 is 0 Å². The van der Waals surface area contributed by atoms with Crippen LogP contribution in [-0.4, -0.2) is 26.6 Å². The van der Waals surface area contributed by atoms with Crippen LogP contribution in [0.3, 0.4) is 0 Å². The predicted octanol–water partition coefficient (Wildman–Crippen LogP) is 3.05. The summed E-state index contributed by atoms with van der Waals surface area (Å²) in [6.07, 6.45) is 3.94. The minimum absolute atomic E-state index is 0.325. The summed E-state index contributed by atoms with van der Waals surface area (Å²) in [6, 6.07) is 9.34. The lowest BCUT2D eigenvalue weighted by atomic mass is 10.3. The third-order valence-electron chi connectivity index (χ3n) is 3.39. The van der Waals surface area contributed by atoms with E-state index in [4.69, 9.17) is 13.9 Å². The van der Waals surface area contributed by atoms with E-state index >= 15 is 0 Å². The summed E-state index contributed by atoms with van der Waals surface area (Å²) in [4.78, 5) is 0. The van der Waals surface area contributed by atoms with Crippen LogP contribution in [0.4, 0.5) is 0 Å². The van der Waals surface area contributed by atoms with Gasteiger partial charge in [0.05, 0.1) is 6.61 Å². The molecular formula is C17H20N4O3. The quantitative estimate of drug-likeness (QED) is 0.632. The molecule has 0 spiro atoms. The average molecular weight is 328 g/mol. The fourth-order valence-electron chi connectivity index (χ4n) is 2.21. The molecule has 0 saturated carbocycles. The number of hydrogen-bond donors (Lipinski definition) is 0. The van der Waals surface area contributed by atoms with Gasteiger partial charge in [-0.15, -0.1) is 10.2 Å². The molecule has 1 atom stereocenters. The molecule has 7 heteroatoms. The first-order valence-electron chi connectivity index (χ1n) is 7.94. The van der Waals surface area contributed by atoms with Crippen molar-refractivity contribution in [2.24, 2.45) is 0 Å². The van der Waals surface area contributed by atoms with E-state index in [1.54, 1.807) is 6.20 Å². The van der Waals surface area contributed by atoms with Crippen LogP contribution >= 0.6 is 0 Å². The number of hydrogen-bond acceptors (Lipinski definition) is 6. The number of aromatic nitrogens is 4. The zero-order valence-corrected chi connectivity index (χ0v) is 13.8. The maximum atomic E-state index is 5.83. The Kier molecular flexibility index (Phi) is 5.10. The number of rotatable bonds is 8. The van der Waals surface area contributed by atoms with Gasteiger partial charge in [0.15, 0.2) is 6.10 Å². The zero-order chi connectivity index (χ0) is 16.8. The highest BCUT2D eigenvalue weighted by Gasteiger charge is 2.15. The van der Waals surface area contributed by atoms with Crippen LogP contribution in [0.2, 0.25) is 0 Å². The molecule has 3 rings (SSSR count). The molecule has 1 aromatic carbocycles. The second kappa shape index (κ2) is 7.63. The van der Waals surface area contributed by atoms with Crippen molar-refractivity contribution in [3.05, 3.63) is 54.5 Å². The van der Waals surface area contributed by atoms with E-state index < -0.39 is 0 Å². The maximum absolute atomic E-state index is 5.83. The molecule has 0 N–H and O–H groups in total. The Bertz CT molecular complexity index is 738. The highest BCUT2D eigenvalue weighted by Crippen LogP contribution is 2.23. The molecule has 0 saturated heterocycles. The third kappa shape index (κ3) is 4.13. The lowest BCUT2D eigenvalue weighted by Crippen LogP contribution is -2.03. The minimum Gasteiger partial charge on any atom is -0.494 e. The molecule has 0 amide bonds. The van der Waals surface area contributed by atoms with E-state index in [2.05, 4.69) is 15.3 Å². The Labute approximate surface area is 140 Å². The van der Waals surface area contributed by atoms with Crippen molar-refractivity contribution >= 4 is 0 Å². The number of ether oxygens (including phenoxy) is 2. The Morgan fingerprint density at radius 2 is 1.96 bits per heavy atom. The summed E-state index contributed by atoms with van der Waals surface area (Å²) >= 11 is 0. The largest absolute Gasteiger partial charge is 0.494 e. The molecule has 0 aliphatic heterocycles. The molecule has 0 radical (unpaired) electrons. The monoisotopic (exact) mass is 328 g/mol. The van der Waals surface area contributed by atoms with Crippen LogP contribution in [0.25, 0.3) is 0 Å². The molecule has 0 bridgehead atoms. The number of benzene rings is 1. The van der Waals surface area contributed by atoms with Crippen molar-refractivity contribution in [3.63, 3.8) is 0 Å². The Hall–Kier alpha value is -2.83. The van der Waals surface area contributed by atoms with Crippen molar-refractivity contribution in [2.45, 2.75) is 32.9 Å². The molecule has 2 aromatic heterocycles. The number of aryl methyl sites for hydroxylation is 2. The van der Waals surface area contributed by atoms with Crippen molar-refractivity contribution in [3.8, 4) is 11.5 Å². The summed E-state index contributed by atoms with van der Waals surface area (Å²) in [5, 5.41) is 12.3. The first-order valence-corrected chi connectivity index (χ1v) is 7.94. The van der Waals surface area contributed by atoms with Crippen LogP contribution in [0, 0.1) is 0 Å². The standard InChI is InChI=1S/C17H20N4O3/c1-3-22-14-5-7-15(8-6-14)23-13(2)17-20-19-16(24-17)9-12-21-11-4-10-18-21/h4-8,10-11,13H,3,9,12H2,1-2H3. The molecule has 126 valence electrons. The highest BCUT2D eigenvalue weighted by atomic mass is 16.5. The van der Waals surface area contributed by atoms with E-state index in [1.807, 2.05) is 55.1 Å². The van der Waals surface area contributed by atoms with E-state index in [0.717, 1.165) is 11.5 Å². The first kappa shape index (κ1) is 16.0. The van der Waals surface area contributed by atoms with Crippen LogP contribution in [-0.2, 0) is 13.0 Å². The molecule has 0 fully saturated rings. The van der Waals surface area contributed by atoms with E-state index in [9.17, 15) is 0 Å². The fourth-order valence-corrected chi connectivity index (χ4v) is 2.21. The predicted molar refractivity (Wildman–Crippen MR) is 86.9 cm³/mol. The smallest absolute Gasteiger partial charge is 0.256 e. The van der Waals surface area contributed by atoms with Crippen LogP contribution < -0.4 is 9.47 Å². The Morgan fingerprint density at radius 1 is 1.17 bits per heavy atom. The second-order valence-corrected chi connectivity index (χ2v) is 5.22. The van der Waals surface area contributed by atoms with Gasteiger partial charge in [0.2, 0.25) is 5.89 Å². The highest BCUT2D eigenvalue weighted by molar-refractivity contribution is 5.31. The van der Waals surface area contributed by atoms with Crippen molar-refractivity contribution in [2.75, 3.05) is 6.61 Å². The zero-order valence-electron chi connectivity index (χ0n) is 13.8. The molecule has 7 nitrogen and oxygen atoms in total. The molecule has 0 aliphatic carbocycles. The normalized spacial score (nSPS) is 12.1. The van der Waals surface area contributed by atoms with Gasteiger partial charge in [-0.25, -0.2) is 0 Å². The lowest BCUT2D eigenvalue weighted by molar-refractivity contribution is 0.185. The Morgan fingerprint density at radius 3 is 2.67 bits per heavy atom. The first-order chi connectivity index (χ1) is 11.7. The van der Waals surface area contributed by atoms with Crippen molar-refractivity contribution in [1.82, 2.24) is 20.0 Å². The summed E-state index contributed by atoms with van der Waals surface area (Å²) in [5.74, 6) is 2.57. The lowest BCUT2D eigenvalue weighted by Gasteiger charge is -2.11. The third-order valence-corrected chi connectivity index (χ3v) is 3.39. The van der Waals surface area contributed by atoms with Gasteiger partial charge in [-0.1, -0.05) is 0 Å². The SMILES string of the molecule is CCOc1ccc(OC(C)c2nnc(CCn3cccn3)o2)cc1. The summed E-state index contributed by atoms with van der Waals surface area (Å²) in [5.41, 5.74) is 0. The van der Waals surface area contributed by atoms with E-state index in [1.165, 1.54) is 0 Å².